The zero-order valence-electron chi connectivity index (χ0n) is 14.9. The number of unbranched alkanes of at least 4 members (excludes halogenated alkanes) is 1. The van der Waals surface area contributed by atoms with E-state index in [0.29, 0.717) is 0 Å². The van der Waals surface area contributed by atoms with Gasteiger partial charge in [-0.2, -0.15) is 0 Å². The van der Waals surface area contributed by atoms with E-state index in [4.69, 9.17) is 0 Å². The van der Waals surface area contributed by atoms with Crippen LogP contribution in [0.2, 0.25) is 6.55 Å². The molecule has 0 saturated carbocycles. The van der Waals surface area contributed by atoms with Crippen molar-refractivity contribution in [3.8, 4) is 0 Å². The van der Waals surface area contributed by atoms with Crippen LogP contribution in [0.3, 0.4) is 0 Å². The number of allylic oxidation sites excluding steroid dienone is 4. The lowest BCUT2D eigenvalue weighted by molar-refractivity contribution is 0.515. The van der Waals surface area contributed by atoms with Crippen molar-refractivity contribution < 1.29 is 0 Å². The van der Waals surface area contributed by atoms with Crippen LogP contribution in [0.4, 0.5) is 0 Å². The molecule has 1 aliphatic carbocycles. The first-order valence-corrected chi connectivity index (χ1v) is 11.1. The topological polar surface area (TPSA) is 12.0 Å². The first-order valence-electron chi connectivity index (χ1n) is 8.61. The minimum Gasteiger partial charge on any atom is -0.326 e. The summed E-state index contributed by atoms with van der Waals surface area (Å²) in [6, 6.07) is 11.1. The van der Waals surface area contributed by atoms with Gasteiger partial charge in [-0.3, -0.25) is 0 Å². The minimum absolute atomic E-state index is 0.127. The maximum Gasteiger partial charge on any atom is 0.183 e. The third kappa shape index (κ3) is 3.99. The minimum atomic E-state index is -1.87. The van der Waals surface area contributed by atoms with Gasteiger partial charge in [0.15, 0.2) is 8.24 Å². The molecule has 2 rings (SSSR count). The highest BCUT2D eigenvalue weighted by Gasteiger charge is 2.39. The number of hydrogen-bond donors (Lipinski definition) is 1. The summed E-state index contributed by atoms with van der Waals surface area (Å²) in [5, 5.41) is 3.18. The van der Waals surface area contributed by atoms with Gasteiger partial charge in [0.05, 0.1) is 0 Å². The summed E-state index contributed by atoms with van der Waals surface area (Å²) in [6.45, 7) is 11.6. The molecule has 1 N–H and O–H groups in total. The number of benzene rings is 1. The van der Waals surface area contributed by atoms with Crippen molar-refractivity contribution >= 4 is 13.4 Å². The molecule has 1 aromatic rings. The summed E-state index contributed by atoms with van der Waals surface area (Å²) in [7, 11) is -1.87. The molecule has 22 heavy (non-hydrogen) atoms. The zero-order valence-corrected chi connectivity index (χ0v) is 15.9. The average molecular weight is 314 g/mol. The van der Waals surface area contributed by atoms with Crippen molar-refractivity contribution in [2.45, 2.75) is 65.5 Å². The van der Waals surface area contributed by atoms with E-state index >= 15 is 0 Å². The Morgan fingerprint density at radius 2 is 1.82 bits per heavy atom. The van der Waals surface area contributed by atoms with E-state index in [9.17, 15) is 0 Å². The molecule has 0 amide bonds. The summed E-state index contributed by atoms with van der Waals surface area (Å²) < 4.78 is 0. The molecule has 0 radical (unpaired) electrons. The molecule has 0 heterocycles. The Morgan fingerprint density at radius 1 is 1.14 bits per heavy atom. The SMILES string of the molecule is CCCCC1=C([Si](C)(NC(C)(C)C)c2ccccc2)CC=C1. The second kappa shape index (κ2) is 6.97. The Balaban J connectivity index is 2.45. The van der Waals surface area contributed by atoms with Crippen LogP contribution in [0, 0.1) is 0 Å². The van der Waals surface area contributed by atoms with E-state index in [-0.39, 0.29) is 5.54 Å². The Kier molecular flexibility index (Phi) is 5.46. The van der Waals surface area contributed by atoms with Crippen LogP contribution in [0.5, 0.6) is 0 Å². The summed E-state index contributed by atoms with van der Waals surface area (Å²) in [6.07, 6.45) is 9.64. The molecule has 0 spiro atoms. The maximum atomic E-state index is 4.04. The summed E-state index contributed by atoms with van der Waals surface area (Å²) >= 11 is 0. The quantitative estimate of drug-likeness (QED) is 0.741. The fourth-order valence-electron chi connectivity index (χ4n) is 3.52. The van der Waals surface area contributed by atoms with Gasteiger partial charge in [0.25, 0.3) is 0 Å². The Hall–Kier alpha value is -1.12. The molecular weight excluding hydrogens is 282 g/mol. The molecule has 1 atom stereocenters. The molecule has 0 aliphatic heterocycles. The molecular formula is C20H31NSi. The third-order valence-corrected chi connectivity index (χ3v) is 8.88. The number of hydrogen-bond acceptors (Lipinski definition) is 1. The Bertz CT molecular complexity index is 551. The van der Waals surface area contributed by atoms with Gasteiger partial charge < -0.3 is 4.98 Å². The smallest absolute Gasteiger partial charge is 0.183 e. The third-order valence-electron chi connectivity index (χ3n) is 4.41. The summed E-state index contributed by atoms with van der Waals surface area (Å²) in [5.41, 5.74) is 1.72. The van der Waals surface area contributed by atoms with Gasteiger partial charge in [-0.05, 0) is 51.8 Å². The van der Waals surface area contributed by atoms with Gasteiger partial charge >= 0.3 is 0 Å². The maximum absolute atomic E-state index is 4.04. The van der Waals surface area contributed by atoms with E-state index in [2.05, 4.69) is 81.7 Å². The standard InChI is InChI=1S/C20H31NSi/c1-6-7-12-17-13-11-16-19(17)22(5,21-20(2,3)4)18-14-9-8-10-15-18/h8-11,13-15,21H,6-7,12,16H2,1-5H3. The van der Waals surface area contributed by atoms with E-state index in [1.807, 2.05) is 0 Å². The predicted octanol–water partition coefficient (Wildman–Crippen LogP) is 4.84. The van der Waals surface area contributed by atoms with Crippen LogP contribution < -0.4 is 10.2 Å². The normalized spacial score (nSPS) is 17.9. The second-order valence-corrected chi connectivity index (χ2v) is 11.3. The van der Waals surface area contributed by atoms with E-state index in [1.165, 1.54) is 24.4 Å². The Labute approximate surface area is 137 Å². The van der Waals surface area contributed by atoms with E-state index in [0.717, 1.165) is 6.42 Å². The Morgan fingerprint density at radius 3 is 2.41 bits per heavy atom. The van der Waals surface area contributed by atoms with Gasteiger partial charge in [0.2, 0.25) is 0 Å². The van der Waals surface area contributed by atoms with Gasteiger partial charge in [0.1, 0.15) is 0 Å². The van der Waals surface area contributed by atoms with Crippen molar-refractivity contribution in [3.63, 3.8) is 0 Å². The van der Waals surface area contributed by atoms with Crippen LogP contribution in [0.15, 0.2) is 53.3 Å². The van der Waals surface area contributed by atoms with E-state index < -0.39 is 8.24 Å². The molecule has 2 heteroatoms. The largest absolute Gasteiger partial charge is 0.326 e. The highest BCUT2D eigenvalue weighted by molar-refractivity contribution is 6.95. The van der Waals surface area contributed by atoms with Crippen molar-refractivity contribution in [2.75, 3.05) is 0 Å². The van der Waals surface area contributed by atoms with Gasteiger partial charge in [-0.15, -0.1) is 0 Å². The second-order valence-electron chi connectivity index (χ2n) is 7.58. The molecule has 120 valence electrons. The fraction of sp³-hybridized carbons (Fsp3) is 0.500. The lowest BCUT2D eigenvalue weighted by Gasteiger charge is -2.38. The van der Waals surface area contributed by atoms with Crippen LogP contribution >= 0.6 is 0 Å². The van der Waals surface area contributed by atoms with Crippen molar-refractivity contribution in [2.24, 2.45) is 0 Å². The van der Waals surface area contributed by atoms with Crippen molar-refractivity contribution in [1.82, 2.24) is 4.98 Å². The van der Waals surface area contributed by atoms with Crippen LogP contribution in [0.1, 0.15) is 53.4 Å². The van der Waals surface area contributed by atoms with Crippen molar-refractivity contribution in [3.05, 3.63) is 53.3 Å². The summed E-state index contributed by atoms with van der Waals surface area (Å²) in [4.78, 5) is 4.04. The molecule has 1 aromatic carbocycles. The van der Waals surface area contributed by atoms with Crippen molar-refractivity contribution in [1.29, 1.82) is 0 Å². The first kappa shape index (κ1) is 17.2. The number of nitrogens with one attached hydrogen (secondary N) is 1. The molecule has 1 aliphatic rings. The molecule has 1 unspecified atom stereocenters. The lowest BCUT2D eigenvalue weighted by atomic mass is 10.1. The van der Waals surface area contributed by atoms with Gasteiger partial charge in [-0.1, -0.05) is 66.6 Å². The molecule has 0 bridgehead atoms. The van der Waals surface area contributed by atoms with Gasteiger partial charge in [0, 0.05) is 5.54 Å². The number of rotatable bonds is 6. The zero-order chi connectivity index (χ0) is 16.2. The molecule has 0 saturated heterocycles. The molecule has 0 aromatic heterocycles. The highest BCUT2D eigenvalue weighted by atomic mass is 28.3. The molecule has 0 fully saturated rings. The average Bonchev–Trinajstić information content (AvgIpc) is 2.93. The van der Waals surface area contributed by atoms with E-state index in [1.54, 1.807) is 10.8 Å². The van der Waals surface area contributed by atoms with Crippen LogP contribution in [-0.4, -0.2) is 13.8 Å². The van der Waals surface area contributed by atoms with Gasteiger partial charge in [-0.25, -0.2) is 0 Å². The summed E-state index contributed by atoms with van der Waals surface area (Å²) in [5.74, 6) is 0. The van der Waals surface area contributed by atoms with Crippen LogP contribution in [-0.2, 0) is 0 Å². The fourth-order valence-corrected chi connectivity index (χ4v) is 7.90. The lowest BCUT2D eigenvalue weighted by Crippen LogP contribution is -2.65. The van der Waals surface area contributed by atoms with Crippen LogP contribution in [0.25, 0.3) is 0 Å². The predicted molar refractivity (Wildman–Crippen MR) is 101 cm³/mol. The first-order chi connectivity index (χ1) is 10.4. The molecule has 1 nitrogen and oxygen atoms in total. The monoisotopic (exact) mass is 313 g/mol. The highest BCUT2D eigenvalue weighted by Crippen LogP contribution is 2.31.